The third kappa shape index (κ3) is 2.84. The molecule has 0 amide bonds. The number of hydrogen-bond acceptors (Lipinski definition) is 3. The smallest absolute Gasteiger partial charge is 0.320 e. The summed E-state index contributed by atoms with van der Waals surface area (Å²) in [7, 11) is 0. The van der Waals surface area contributed by atoms with Crippen LogP contribution in [0.25, 0.3) is 0 Å². The van der Waals surface area contributed by atoms with Crippen molar-refractivity contribution in [3.8, 4) is 5.75 Å². The van der Waals surface area contributed by atoms with E-state index in [0.29, 0.717) is 11.3 Å². The van der Waals surface area contributed by atoms with Gasteiger partial charge in [0.15, 0.2) is 5.82 Å². The lowest BCUT2D eigenvalue weighted by atomic mass is 10.1. The Morgan fingerprint density at radius 2 is 2.00 bits per heavy atom. The van der Waals surface area contributed by atoms with E-state index < -0.39 is 6.55 Å². The van der Waals surface area contributed by atoms with Crippen molar-refractivity contribution >= 4 is 6.29 Å². The second-order valence-electron chi connectivity index (χ2n) is 4.42. The summed E-state index contributed by atoms with van der Waals surface area (Å²) in [5.74, 6) is 0.734. The van der Waals surface area contributed by atoms with Crippen molar-refractivity contribution in [3.05, 3.63) is 47.0 Å². The SMILES string of the molecule is Cc1cc(C=O)cc(C)c1OCc1nccn1C(F)F. The molecule has 0 fully saturated rings. The molecule has 0 aliphatic carbocycles. The molecule has 106 valence electrons. The zero-order valence-electron chi connectivity index (χ0n) is 11.1. The number of benzene rings is 1. The highest BCUT2D eigenvalue weighted by atomic mass is 19.3. The maximum absolute atomic E-state index is 12.7. The van der Waals surface area contributed by atoms with Gasteiger partial charge in [-0.1, -0.05) is 0 Å². The van der Waals surface area contributed by atoms with Gasteiger partial charge in [-0.2, -0.15) is 8.78 Å². The Bertz CT molecular complexity index is 600. The van der Waals surface area contributed by atoms with Gasteiger partial charge in [0.2, 0.25) is 0 Å². The summed E-state index contributed by atoms with van der Waals surface area (Å²) in [6.45, 7) is 0.902. The van der Waals surface area contributed by atoms with Gasteiger partial charge < -0.3 is 4.74 Å². The fourth-order valence-corrected chi connectivity index (χ4v) is 2.05. The van der Waals surface area contributed by atoms with Gasteiger partial charge in [0.25, 0.3) is 0 Å². The molecule has 0 aliphatic heterocycles. The molecule has 1 heterocycles. The summed E-state index contributed by atoms with van der Waals surface area (Å²) in [5.41, 5.74) is 2.12. The van der Waals surface area contributed by atoms with E-state index in [1.165, 1.54) is 12.4 Å². The van der Waals surface area contributed by atoms with Crippen molar-refractivity contribution in [2.75, 3.05) is 0 Å². The number of aryl methyl sites for hydroxylation is 2. The molecule has 0 spiro atoms. The Kier molecular flexibility index (Phi) is 4.12. The number of nitrogens with zero attached hydrogens (tertiary/aromatic N) is 2. The predicted molar refractivity (Wildman–Crippen MR) is 69.1 cm³/mol. The third-order valence-electron chi connectivity index (χ3n) is 2.92. The molecule has 0 saturated carbocycles. The van der Waals surface area contributed by atoms with Crippen LogP contribution >= 0.6 is 0 Å². The molecule has 20 heavy (non-hydrogen) atoms. The van der Waals surface area contributed by atoms with E-state index in [4.69, 9.17) is 4.74 Å². The molecular formula is C14H14F2N2O2. The molecular weight excluding hydrogens is 266 g/mol. The molecule has 6 heteroatoms. The average Bonchev–Trinajstić information content (AvgIpc) is 2.86. The van der Waals surface area contributed by atoms with Crippen LogP contribution in [0.5, 0.6) is 5.75 Å². The van der Waals surface area contributed by atoms with Crippen LogP contribution in [0.1, 0.15) is 33.9 Å². The van der Waals surface area contributed by atoms with E-state index in [1.54, 1.807) is 26.0 Å². The normalized spacial score (nSPS) is 10.8. The second-order valence-corrected chi connectivity index (χ2v) is 4.42. The van der Waals surface area contributed by atoms with Gasteiger partial charge in [0.05, 0.1) is 0 Å². The Hall–Kier alpha value is -2.24. The number of alkyl halides is 2. The highest BCUT2D eigenvalue weighted by Gasteiger charge is 2.13. The first-order valence-electron chi connectivity index (χ1n) is 6.02. The minimum Gasteiger partial charge on any atom is -0.485 e. The monoisotopic (exact) mass is 280 g/mol. The lowest BCUT2D eigenvalue weighted by molar-refractivity contribution is 0.0632. The van der Waals surface area contributed by atoms with Crippen molar-refractivity contribution in [3.63, 3.8) is 0 Å². The Morgan fingerprint density at radius 3 is 2.55 bits per heavy atom. The summed E-state index contributed by atoms with van der Waals surface area (Å²) in [4.78, 5) is 14.6. The molecule has 0 aliphatic rings. The fourth-order valence-electron chi connectivity index (χ4n) is 2.05. The maximum atomic E-state index is 12.7. The number of carbonyl (C=O) groups excluding carboxylic acids is 1. The molecule has 0 unspecified atom stereocenters. The van der Waals surface area contributed by atoms with Crippen molar-refractivity contribution in [2.45, 2.75) is 27.0 Å². The first kappa shape index (κ1) is 14.2. The quantitative estimate of drug-likeness (QED) is 0.789. The fraction of sp³-hybridized carbons (Fsp3) is 0.286. The number of carbonyl (C=O) groups is 1. The van der Waals surface area contributed by atoms with E-state index in [2.05, 4.69) is 4.98 Å². The zero-order valence-corrected chi connectivity index (χ0v) is 11.1. The summed E-state index contributed by atoms with van der Waals surface area (Å²) < 4.78 is 31.7. The third-order valence-corrected chi connectivity index (χ3v) is 2.92. The van der Waals surface area contributed by atoms with E-state index >= 15 is 0 Å². The van der Waals surface area contributed by atoms with Crippen LogP contribution < -0.4 is 4.74 Å². The summed E-state index contributed by atoms with van der Waals surface area (Å²) >= 11 is 0. The van der Waals surface area contributed by atoms with E-state index in [9.17, 15) is 13.6 Å². The van der Waals surface area contributed by atoms with E-state index in [1.807, 2.05) is 0 Å². The molecule has 2 aromatic rings. The molecule has 1 aromatic carbocycles. The number of hydrogen-bond donors (Lipinski definition) is 0. The Balaban J connectivity index is 2.19. The Labute approximate surface area is 115 Å². The standard InChI is InChI=1S/C14H14F2N2O2/c1-9-5-11(7-19)6-10(2)13(9)20-8-12-17-3-4-18(12)14(15)16/h3-7,14H,8H2,1-2H3. The largest absolute Gasteiger partial charge is 0.485 e. The maximum Gasteiger partial charge on any atom is 0.320 e. The van der Waals surface area contributed by atoms with Gasteiger partial charge in [-0.3, -0.25) is 9.36 Å². The minimum atomic E-state index is -2.64. The van der Waals surface area contributed by atoms with Crippen LogP contribution in [-0.2, 0) is 6.61 Å². The first-order valence-corrected chi connectivity index (χ1v) is 6.02. The number of aldehydes is 1. The molecule has 0 bridgehead atoms. The lowest BCUT2D eigenvalue weighted by Crippen LogP contribution is -2.08. The number of rotatable bonds is 5. The van der Waals surface area contributed by atoms with Crippen LogP contribution in [0.4, 0.5) is 8.78 Å². The number of ether oxygens (including phenoxy) is 1. The van der Waals surface area contributed by atoms with Gasteiger partial charge in [0.1, 0.15) is 18.6 Å². The number of halogens is 2. The molecule has 4 nitrogen and oxygen atoms in total. The van der Waals surface area contributed by atoms with Crippen LogP contribution in [0, 0.1) is 13.8 Å². The topological polar surface area (TPSA) is 44.1 Å². The van der Waals surface area contributed by atoms with E-state index in [0.717, 1.165) is 22.0 Å². The van der Waals surface area contributed by atoms with Gasteiger partial charge in [-0.25, -0.2) is 4.98 Å². The summed E-state index contributed by atoms with van der Waals surface area (Å²) in [6.07, 6.45) is 3.27. The predicted octanol–water partition coefficient (Wildman–Crippen LogP) is 3.29. The lowest BCUT2D eigenvalue weighted by Gasteiger charge is -2.13. The summed E-state index contributed by atoms with van der Waals surface area (Å²) in [5, 5.41) is 0. The molecule has 0 atom stereocenters. The molecule has 2 rings (SSSR count). The van der Waals surface area contributed by atoms with Gasteiger partial charge in [-0.15, -0.1) is 0 Å². The van der Waals surface area contributed by atoms with Gasteiger partial charge >= 0.3 is 6.55 Å². The van der Waals surface area contributed by atoms with Crippen LogP contribution in [0.15, 0.2) is 24.5 Å². The highest BCUT2D eigenvalue weighted by Crippen LogP contribution is 2.25. The van der Waals surface area contributed by atoms with Crippen molar-refractivity contribution in [2.24, 2.45) is 0 Å². The molecule has 0 radical (unpaired) electrons. The molecule has 0 N–H and O–H groups in total. The zero-order chi connectivity index (χ0) is 14.7. The van der Waals surface area contributed by atoms with Crippen LogP contribution in [0.3, 0.4) is 0 Å². The average molecular weight is 280 g/mol. The van der Waals surface area contributed by atoms with Gasteiger partial charge in [-0.05, 0) is 37.1 Å². The highest BCUT2D eigenvalue weighted by molar-refractivity contribution is 5.76. The minimum absolute atomic E-state index is 0.0561. The van der Waals surface area contributed by atoms with Crippen LogP contribution in [0.2, 0.25) is 0 Å². The van der Waals surface area contributed by atoms with Gasteiger partial charge in [0, 0.05) is 18.0 Å². The Morgan fingerprint density at radius 1 is 1.35 bits per heavy atom. The van der Waals surface area contributed by atoms with Crippen molar-refractivity contribution in [1.29, 1.82) is 0 Å². The number of aromatic nitrogens is 2. The second kappa shape index (κ2) is 5.81. The molecule has 1 aromatic heterocycles. The molecule has 0 saturated heterocycles. The van der Waals surface area contributed by atoms with Crippen molar-refractivity contribution in [1.82, 2.24) is 9.55 Å². The van der Waals surface area contributed by atoms with Crippen LogP contribution in [-0.4, -0.2) is 15.8 Å². The summed E-state index contributed by atoms with van der Waals surface area (Å²) in [6, 6.07) is 3.38. The first-order chi connectivity index (χ1) is 9.52. The number of imidazole rings is 1. The van der Waals surface area contributed by atoms with E-state index in [-0.39, 0.29) is 12.4 Å². The van der Waals surface area contributed by atoms with Crippen molar-refractivity contribution < 1.29 is 18.3 Å².